The van der Waals surface area contributed by atoms with Crippen LogP contribution in [0.3, 0.4) is 0 Å². The molecule has 1 aromatic heterocycles. The van der Waals surface area contributed by atoms with Gasteiger partial charge in [-0.15, -0.1) is 10.2 Å². The van der Waals surface area contributed by atoms with E-state index in [1.54, 1.807) is 11.6 Å². The van der Waals surface area contributed by atoms with Gasteiger partial charge in [-0.2, -0.15) is 0 Å². The summed E-state index contributed by atoms with van der Waals surface area (Å²) in [5.74, 6) is 0. The van der Waals surface area contributed by atoms with Crippen molar-refractivity contribution in [3.05, 3.63) is 45.5 Å². The molecule has 0 aliphatic heterocycles. The second kappa shape index (κ2) is 4.67. The van der Waals surface area contributed by atoms with E-state index in [2.05, 4.69) is 15.5 Å². The number of non-ortho nitro benzene ring substituents is 1. The van der Waals surface area contributed by atoms with Gasteiger partial charge in [0, 0.05) is 18.7 Å². The Labute approximate surface area is 95.1 Å². The predicted molar refractivity (Wildman–Crippen MR) is 60.3 cm³/mol. The monoisotopic (exact) mass is 236 g/mol. The molecule has 7 heteroatoms. The second-order valence-electron chi connectivity index (χ2n) is 3.02. The smallest absolute Gasteiger partial charge is 0.269 e. The first-order valence-corrected chi connectivity index (χ1v) is 5.37. The van der Waals surface area contributed by atoms with Crippen LogP contribution in [0.1, 0.15) is 5.56 Å². The largest absolute Gasteiger partial charge is 0.356 e. The van der Waals surface area contributed by atoms with Crippen molar-refractivity contribution >= 4 is 22.2 Å². The summed E-state index contributed by atoms with van der Waals surface area (Å²) in [6.45, 7) is 0.497. The third kappa shape index (κ3) is 2.51. The van der Waals surface area contributed by atoms with Gasteiger partial charge in [-0.25, -0.2) is 0 Å². The lowest BCUT2D eigenvalue weighted by Gasteiger charge is -2.01. The van der Waals surface area contributed by atoms with Gasteiger partial charge in [-0.05, 0) is 5.56 Å². The SMILES string of the molecule is O=[N+]([O-])c1cccc(CNc2nncs2)c1. The molecule has 0 spiro atoms. The highest BCUT2D eigenvalue weighted by Gasteiger charge is 2.05. The molecule has 2 aromatic rings. The number of anilines is 1. The predicted octanol–water partition coefficient (Wildman–Crippen LogP) is 2.06. The van der Waals surface area contributed by atoms with E-state index >= 15 is 0 Å². The number of nitro benzene ring substituents is 1. The van der Waals surface area contributed by atoms with E-state index in [1.165, 1.54) is 23.5 Å². The summed E-state index contributed by atoms with van der Waals surface area (Å²) < 4.78 is 0. The Morgan fingerprint density at radius 3 is 3.06 bits per heavy atom. The summed E-state index contributed by atoms with van der Waals surface area (Å²) in [5.41, 5.74) is 2.55. The van der Waals surface area contributed by atoms with E-state index in [1.807, 2.05) is 6.07 Å². The molecule has 0 saturated carbocycles. The van der Waals surface area contributed by atoms with E-state index in [0.29, 0.717) is 11.7 Å². The van der Waals surface area contributed by atoms with Gasteiger partial charge in [0.05, 0.1) is 4.92 Å². The van der Waals surface area contributed by atoms with Crippen LogP contribution in [0.4, 0.5) is 10.8 Å². The summed E-state index contributed by atoms with van der Waals surface area (Å²) in [6.07, 6.45) is 0. The molecule has 2 rings (SSSR count). The third-order valence-electron chi connectivity index (χ3n) is 1.93. The number of nitrogens with one attached hydrogen (secondary N) is 1. The Kier molecular flexibility index (Phi) is 3.06. The first-order valence-electron chi connectivity index (χ1n) is 4.49. The molecule has 0 saturated heterocycles. The molecular weight excluding hydrogens is 228 g/mol. The van der Waals surface area contributed by atoms with E-state index in [0.717, 1.165) is 5.56 Å². The zero-order chi connectivity index (χ0) is 11.4. The average molecular weight is 236 g/mol. The molecular formula is C9H8N4O2S. The highest BCUT2D eigenvalue weighted by Crippen LogP contribution is 2.15. The van der Waals surface area contributed by atoms with Crippen molar-refractivity contribution in [3.8, 4) is 0 Å². The lowest BCUT2D eigenvalue weighted by molar-refractivity contribution is -0.384. The maximum atomic E-state index is 10.6. The number of nitro groups is 1. The summed E-state index contributed by atoms with van der Waals surface area (Å²) in [6, 6.07) is 6.48. The van der Waals surface area contributed by atoms with Crippen LogP contribution in [0.2, 0.25) is 0 Å². The third-order valence-corrected chi connectivity index (χ3v) is 2.57. The molecule has 0 aliphatic rings. The molecule has 0 atom stereocenters. The van der Waals surface area contributed by atoms with Crippen LogP contribution in [-0.2, 0) is 6.54 Å². The first-order chi connectivity index (χ1) is 7.75. The number of nitrogens with zero attached hydrogens (tertiary/aromatic N) is 3. The Morgan fingerprint density at radius 1 is 1.50 bits per heavy atom. The van der Waals surface area contributed by atoms with Crippen molar-refractivity contribution in [1.29, 1.82) is 0 Å². The number of hydrogen-bond donors (Lipinski definition) is 1. The van der Waals surface area contributed by atoms with Crippen LogP contribution in [0, 0.1) is 10.1 Å². The maximum absolute atomic E-state index is 10.6. The van der Waals surface area contributed by atoms with E-state index in [4.69, 9.17) is 0 Å². The highest BCUT2D eigenvalue weighted by molar-refractivity contribution is 7.13. The van der Waals surface area contributed by atoms with Crippen LogP contribution in [-0.4, -0.2) is 15.1 Å². The summed E-state index contributed by atoms with van der Waals surface area (Å²) in [5, 5.41) is 21.8. The first kappa shape index (κ1) is 10.5. The van der Waals surface area contributed by atoms with Gasteiger partial charge < -0.3 is 5.32 Å². The van der Waals surface area contributed by atoms with Gasteiger partial charge in [0.15, 0.2) is 0 Å². The van der Waals surface area contributed by atoms with E-state index in [-0.39, 0.29) is 5.69 Å². The molecule has 1 heterocycles. The molecule has 82 valence electrons. The topological polar surface area (TPSA) is 81.0 Å². The van der Waals surface area contributed by atoms with Crippen LogP contribution in [0.15, 0.2) is 29.8 Å². The lowest BCUT2D eigenvalue weighted by atomic mass is 10.2. The van der Waals surface area contributed by atoms with Crippen LogP contribution in [0.5, 0.6) is 0 Å². The minimum absolute atomic E-state index is 0.0940. The standard InChI is InChI=1S/C9H8N4O2S/c14-13(15)8-3-1-2-7(4-8)5-10-9-12-11-6-16-9/h1-4,6H,5H2,(H,10,12). The minimum Gasteiger partial charge on any atom is -0.356 e. The molecule has 16 heavy (non-hydrogen) atoms. The van der Waals surface area contributed by atoms with Gasteiger partial charge in [0.25, 0.3) is 5.69 Å². The van der Waals surface area contributed by atoms with Crippen LogP contribution >= 0.6 is 11.3 Å². The molecule has 0 bridgehead atoms. The quantitative estimate of drug-likeness (QED) is 0.649. The Hall–Kier alpha value is -2.02. The summed E-state index contributed by atoms with van der Waals surface area (Å²) >= 11 is 1.39. The minimum atomic E-state index is -0.408. The number of aromatic nitrogens is 2. The van der Waals surface area contributed by atoms with E-state index < -0.39 is 4.92 Å². The molecule has 0 amide bonds. The fourth-order valence-electron chi connectivity index (χ4n) is 1.21. The highest BCUT2D eigenvalue weighted by atomic mass is 32.1. The van der Waals surface area contributed by atoms with Gasteiger partial charge >= 0.3 is 0 Å². The van der Waals surface area contributed by atoms with Gasteiger partial charge in [0.1, 0.15) is 5.51 Å². The van der Waals surface area contributed by atoms with Gasteiger partial charge in [0.2, 0.25) is 5.13 Å². The Balaban J connectivity index is 2.04. The van der Waals surface area contributed by atoms with E-state index in [9.17, 15) is 10.1 Å². The van der Waals surface area contributed by atoms with Gasteiger partial charge in [-0.1, -0.05) is 23.5 Å². The van der Waals surface area contributed by atoms with Crippen molar-refractivity contribution in [1.82, 2.24) is 10.2 Å². The fourth-order valence-corrected chi connectivity index (χ4v) is 1.65. The van der Waals surface area contributed by atoms with Crippen molar-refractivity contribution in [3.63, 3.8) is 0 Å². The summed E-state index contributed by atoms with van der Waals surface area (Å²) in [7, 11) is 0. The average Bonchev–Trinajstić information content (AvgIpc) is 2.79. The van der Waals surface area contributed by atoms with Gasteiger partial charge in [-0.3, -0.25) is 10.1 Å². The normalized spacial score (nSPS) is 10.0. The maximum Gasteiger partial charge on any atom is 0.269 e. The lowest BCUT2D eigenvalue weighted by Crippen LogP contribution is -1.99. The second-order valence-corrected chi connectivity index (χ2v) is 3.86. The van der Waals surface area contributed by atoms with Crippen molar-refractivity contribution < 1.29 is 4.92 Å². The molecule has 0 fully saturated rings. The molecule has 1 N–H and O–H groups in total. The van der Waals surface area contributed by atoms with Crippen molar-refractivity contribution in [2.75, 3.05) is 5.32 Å². The van der Waals surface area contributed by atoms with Crippen LogP contribution < -0.4 is 5.32 Å². The molecule has 0 radical (unpaired) electrons. The number of rotatable bonds is 4. The molecule has 1 aromatic carbocycles. The zero-order valence-corrected chi connectivity index (χ0v) is 8.98. The molecule has 0 unspecified atom stereocenters. The number of benzene rings is 1. The van der Waals surface area contributed by atoms with Crippen molar-refractivity contribution in [2.45, 2.75) is 6.54 Å². The summed E-state index contributed by atoms with van der Waals surface area (Å²) in [4.78, 5) is 10.1. The van der Waals surface area contributed by atoms with Crippen molar-refractivity contribution in [2.24, 2.45) is 0 Å². The zero-order valence-electron chi connectivity index (χ0n) is 8.16. The Morgan fingerprint density at radius 2 is 2.38 bits per heavy atom. The molecule has 0 aliphatic carbocycles. The number of hydrogen-bond acceptors (Lipinski definition) is 6. The Bertz CT molecular complexity index is 486. The van der Waals surface area contributed by atoms with Crippen LogP contribution in [0.25, 0.3) is 0 Å². The fraction of sp³-hybridized carbons (Fsp3) is 0.111. The molecule has 6 nitrogen and oxygen atoms in total.